The van der Waals surface area contributed by atoms with Gasteiger partial charge in [0.1, 0.15) is 6.04 Å². The van der Waals surface area contributed by atoms with Crippen LogP contribution in [-0.4, -0.2) is 49.2 Å². The van der Waals surface area contributed by atoms with Gasteiger partial charge in [-0.15, -0.1) is 0 Å². The SMILES string of the molecule is CNC(C(=O)O)C(C)N(C)C. The Hall–Kier alpha value is -0.610. The third-order valence-corrected chi connectivity index (χ3v) is 1.87. The summed E-state index contributed by atoms with van der Waals surface area (Å²) in [6.45, 7) is 1.87. The van der Waals surface area contributed by atoms with Gasteiger partial charge in [0.2, 0.25) is 0 Å². The van der Waals surface area contributed by atoms with Crippen LogP contribution in [0.2, 0.25) is 0 Å². The van der Waals surface area contributed by atoms with Gasteiger partial charge in [0.15, 0.2) is 0 Å². The van der Waals surface area contributed by atoms with Gasteiger partial charge >= 0.3 is 5.97 Å². The monoisotopic (exact) mass is 160 g/mol. The molecule has 2 unspecified atom stereocenters. The highest BCUT2D eigenvalue weighted by atomic mass is 16.4. The Bertz CT molecular complexity index is 136. The molecule has 4 nitrogen and oxygen atoms in total. The summed E-state index contributed by atoms with van der Waals surface area (Å²) >= 11 is 0. The first-order chi connectivity index (χ1) is 5.00. The summed E-state index contributed by atoms with van der Waals surface area (Å²) in [5, 5.41) is 11.4. The number of carboxylic acids is 1. The first kappa shape index (κ1) is 10.4. The van der Waals surface area contributed by atoms with E-state index in [9.17, 15) is 4.79 Å². The fourth-order valence-electron chi connectivity index (χ4n) is 0.869. The predicted molar refractivity (Wildman–Crippen MR) is 43.6 cm³/mol. The fourth-order valence-corrected chi connectivity index (χ4v) is 0.869. The Labute approximate surface area is 67.2 Å². The van der Waals surface area contributed by atoms with Gasteiger partial charge in [-0.05, 0) is 28.1 Å². The van der Waals surface area contributed by atoms with E-state index in [2.05, 4.69) is 5.32 Å². The normalized spacial score (nSPS) is 16.5. The number of nitrogens with one attached hydrogen (secondary N) is 1. The molecule has 2 N–H and O–H groups in total. The Kier molecular flexibility index (Phi) is 4.07. The van der Waals surface area contributed by atoms with Crippen LogP contribution in [0, 0.1) is 0 Å². The average Bonchev–Trinajstić information content (AvgIpc) is 1.88. The molecule has 0 spiro atoms. The highest BCUT2D eigenvalue weighted by Gasteiger charge is 2.23. The van der Waals surface area contributed by atoms with Crippen molar-refractivity contribution in [3.05, 3.63) is 0 Å². The molecule has 0 fully saturated rings. The van der Waals surface area contributed by atoms with Gasteiger partial charge in [0, 0.05) is 6.04 Å². The van der Waals surface area contributed by atoms with E-state index in [1.165, 1.54) is 0 Å². The molecule has 0 bridgehead atoms. The second-order valence-electron chi connectivity index (χ2n) is 2.81. The maximum atomic E-state index is 10.6. The van der Waals surface area contributed by atoms with E-state index >= 15 is 0 Å². The van der Waals surface area contributed by atoms with Crippen molar-refractivity contribution < 1.29 is 9.90 Å². The molecule has 0 aliphatic carbocycles. The second kappa shape index (κ2) is 4.31. The Morgan fingerprint density at radius 1 is 1.55 bits per heavy atom. The Morgan fingerprint density at radius 2 is 2.00 bits per heavy atom. The zero-order valence-electron chi connectivity index (χ0n) is 7.46. The smallest absolute Gasteiger partial charge is 0.322 e. The van der Waals surface area contributed by atoms with Crippen molar-refractivity contribution >= 4 is 5.97 Å². The van der Waals surface area contributed by atoms with Crippen molar-refractivity contribution in [3.8, 4) is 0 Å². The van der Waals surface area contributed by atoms with Crippen molar-refractivity contribution in [2.45, 2.75) is 19.0 Å². The van der Waals surface area contributed by atoms with Gasteiger partial charge < -0.3 is 15.3 Å². The van der Waals surface area contributed by atoms with Crippen molar-refractivity contribution in [1.29, 1.82) is 0 Å². The third kappa shape index (κ3) is 2.86. The molecule has 0 saturated heterocycles. The van der Waals surface area contributed by atoms with Crippen molar-refractivity contribution in [2.24, 2.45) is 0 Å². The second-order valence-corrected chi connectivity index (χ2v) is 2.81. The highest BCUT2D eigenvalue weighted by molar-refractivity contribution is 5.74. The summed E-state index contributed by atoms with van der Waals surface area (Å²) in [7, 11) is 5.37. The number of carbonyl (C=O) groups is 1. The van der Waals surface area contributed by atoms with E-state index in [4.69, 9.17) is 5.11 Å². The maximum Gasteiger partial charge on any atom is 0.322 e. The van der Waals surface area contributed by atoms with Crippen LogP contribution in [0.25, 0.3) is 0 Å². The minimum atomic E-state index is -0.811. The van der Waals surface area contributed by atoms with Crippen LogP contribution in [0.3, 0.4) is 0 Å². The van der Waals surface area contributed by atoms with Crippen LogP contribution >= 0.6 is 0 Å². The van der Waals surface area contributed by atoms with Crippen LogP contribution in [0.5, 0.6) is 0 Å². The van der Waals surface area contributed by atoms with Gasteiger partial charge in [-0.3, -0.25) is 4.79 Å². The lowest BCUT2D eigenvalue weighted by Gasteiger charge is -2.25. The van der Waals surface area contributed by atoms with Crippen LogP contribution in [0.1, 0.15) is 6.92 Å². The maximum absolute atomic E-state index is 10.6. The molecule has 0 aliphatic rings. The fraction of sp³-hybridized carbons (Fsp3) is 0.857. The van der Waals surface area contributed by atoms with Crippen molar-refractivity contribution in [3.63, 3.8) is 0 Å². The van der Waals surface area contributed by atoms with Crippen LogP contribution in [0.15, 0.2) is 0 Å². The first-order valence-corrected chi connectivity index (χ1v) is 3.57. The number of nitrogens with zero attached hydrogens (tertiary/aromatic N) is 1. The first-order valence-electron chi connectivity index (χ1n) is 3.57. The van der Waals surface area contributed by atoms with Crippen LogP contribution < -0.4 is 5.32 Å². The summed E-state index contributed by atoms with van der Waals surface area (Å²) in [6, 6.07) is -0.498. The molecular formula is C7H16N2O2. The lowest BCUT2D eigenvalue weighted by molar-refractivity contribution is -0.140. The molecule has 4 heteroatoms. The van der Waals surface area contributed by atoms with E-state index in [1.54, 1.807) is 7.05 Å². The number of likely N-dealkylation sites (N-methyl/N-ethyl adjacent to an activating group) is 2. The zero-order chi connectivity index (χ0) is 9.02. The standard InChI is InChI=1S/C7H16N2O2/c1-5(9(3)4)6(8-2)7(10)11/h5-6,8H,1-4H3,(H,10,11). The largest absolute Gasteiger partial charge is 0.480 e. The molecule has 0 aliphatic heterocycles. The molecule has 0 radical (unpaired) electrons. The molecule has 0 saturated carbocycles. The third-order valence-electron chi connectivity index (χ3n) is 1.87. The van der Waals surface area contributed by atoms with Crippen LogP contribution in [-0.2, 0) is 4.79 Å². The van der Waals surface area contributed by atoms with E-state index in [0.29, 0.717) is 0 Å². The lowest BCUT2D eigenvalue weighted by Crippen LogP contribution is -2.49. The van der Waals surface area contributed by atoms with Gasteiger partial charge in [-0.25, -0.2) is 0 Å². The summed E-state index contributed by atoms with van der Waals surface area (Å²) < 4.78 is 0. The number of rotatable bonds is 4. The number of carboxylic acid groups (broad SMARTS) is 1. The van der Waals surface area contributed by atoms with Gasteiger partial charge in [-0.2, -0.15) is 0 Å². The van der Waals surface area contributed by atoms with Gasteiger partial charge in [-0.1, -0.05) is 0 Å². The van der Waals surface area contributed by atoms with E-state index in [1.807, 2.05) is 25.9 Å². The van der Waals surface area contributed by atoms with Gasteiger partial charge in [0.25, 0.3) is 0 Å². The van der Waals surface area contributed by atoms with Gasteiger partial charge in [0.05, 0.1) is 0 Å². The minimum absolute atomic E-state index is 0.00231. The number of hydrogen-bond acceptors (Lipinski definition) is 3. The number of aliphatic carboxylic acids is 1. The molecule has 0 heterocycles. The van der Waals surface area contributed by atoms with Crippen molar-refractivity contribution in [2.75, 3.05) is 21.1 Å². The Morgan fingerprint density at radius 3 is 2.09 bits per heavy atom. The lowest BCUT2D eigenvalue weighted by atomic mass is 10.1. The molecule has 0 aromatic rings. The quantitative estimate of drug-likeness (QED) is 0.588. The number of hydrogen-bond donors (Lipinski definition) is 2. The molecule has 0 aromatic heterocycles. The molecule has 2 atom stereocenters. The molecule has 11 heavy (non-hydrogen) atoms. The highest BCUT2D eigenvalue weighted by Crippen LogP contribution is 1.98. The summed E-state index contributed by atoms with van der Waals surface area (Å²) in [5.74, 6) is -0.811. The molecular weight excluding hydrogens is 144 g/mol. The molecule has 0 aromatic carbocycles. The molecule has 0 amide bonds. The summed E-state index contributed by atoms with van der Waals surface area (Å²) in [6.07, 6.45) is 0. The van der Waals surface area contributed by atoms with Crippen molar-refractivity contribution in [1.82, 2.24) is 10.2 Å². The minimum Gasteiger partial charge on any atom is -0.480 e. The summed E-state index contributed by atoms with van der Waals surface area (Å²) in [5.41, 5.74) is 0. The average molecular weight is 160 g/mol. The topological polar surface area (TPSA) is 52.6 Å². The van der Waals surface area contributed by atoms with E-state index in [-0.39, 0.29) is 6.04 Å². The molecule has 66 valence electrons. The zero-order valence-corrected chi connectivity index (χ0v) is 7.46. The van der Waals surface area contributed by atoms with Crippen LogP contribution in [0.4, 0.5) is 0 Å². The Balaban J connectivity index is 4.14. The molecule has 0 rings (SSSR count). The predicted octanol–water partition coefficient (Wildman–Crippen LogP) is -0.391. The summed E-state index contributed by atoms with van der Waals surface area (Å²) in [4.78, 5) is 12.5. The van der Waals surface area contributed by atoms with E-state index < -0.39 is 12.0 Å². The van der Waals surface area contributed by atoms with E-state index in [0.717, 1.165) is 0 Å².